The van der Waals surface area contributed by atoms with E-state index >= 15 is 0 Å². The van der Waals surface area contributed by atoms with Crippen LogP contribution in [0.4, 0.5) is 0 Å². The van der Waals surface area contributed by atoms with Gasteiger partial charge in [-0.3, -0.25) is 0 Å². The molecule has 2 heterocycles. The summed E-state index contributed by atoms with van der Waals surface area (Å²) in [4.78, 5) is 3.87. The zero-order valence-corrected chi connectivity index (χ0v) is 12.7. The highest BCUT2D eigenvalue weighted by Crippen LogP contribution is 2.37. The molecule has 4 rings (SSSR count). The molecular weight excluding hydrogens is 296 g/mol. The maximum Gasteiger partial charge on any atom is 0.116 e. The van der Waals surface area contributed by atoms with Crippen LogP contribution in [0, 0.1) is 0 Å². The van der Waals surface area contributed by atoms with Crippen molar-refractivity contribution in [3.8, 4) is 25.9 Å². The molecule has 2 aromatic carbocycles. The normalized spacial score (nSPS) is 11.0. The Morgan fingerprint density at radius 1 is 0.714 bits per heavy atom. The predicted octanol–water partition coefficient (Wildman–Crippen LogP) is 6.00. The van der Waals surface area contributed by atoms with Crippen molar-refractivity contribution in [2.45, 2.75) is 0 Å². The smallest absolute Gasteiger partial charge is 0.116 e. The Kier molecular flexibility index (Phi) is 3.02. The van der Waals surface area contributed by atoms with Crippen LogP contribution in [0.1, 0.15) is 0 Å². The molecule has 0 amide bonds. The molecule has 0 aliphatic heterocycles. The van der Waals surface area contributed by atoms with Gasteiger partial charge in [-0.25, -0.2) is 0 Å². The Morgan fingerprint density at radius 3 is 2.43 bits per heavy atom. The van der Waals surface area contributed by atoms with E-state index in [4.69, 9.17) is 0 Å². The molecular formula is C18H12OS2. The van der Waals surface area contributed by atoms with Crippen molar-refractivity contribution in [2.75, 3.05) is 0 Å². The Hall–Kier alpha value is -2.10. The van der Waals surface area contributed by atoms with Gasteiger partial charge < -0.3 is 5.11 Å². The van der Waals surface area contributed by atoms with Crippen LogP contribution in [0.2, 0.25) is 0 Å². The fourth-order valence-corrected chi connectivity index (χ4v) is 4.27. The zero-order valence-electron chi connectivity index (χ0n) is 11.1. The van der Waals surface area contributed by atoms with Gasteiger partial charge in [-0.15, -0.1) is 22.7 Å². The van der Waals surface area contributed by atoms with Gasteiger partial charge in [0.05, 0.1) is 0 Å². The summed E-state index contributed by atoms with van der Waals surface area (Å²) in [5, 5.41) is 13.9. The standard InChI is InChI=1S/C18H12OS2/c19-15-6-5-12-3-4-13(10-14(12)11-15)16-7-8-18(21-16)17-2-1-9-20-17/h1-11,19H. The van der Waals surface area contributed by atoms with Gasteiger partial charge in [-0.2, -0.15) is 0 Å². The lowest BCUT2D eigenvalue weighted by Crippen LogP contribution is -1.75. The molecule has 0 spiro atoms. The second kappa shape index (κ2) is 5.02. The fourth-order valence-electron chi connectivity index (χ4n) is 2.43. The molecule has 0 radical (unpaired) electrons. The third-order valence-electron chi connectivity index (χ3n) is 3.48. The average Bonchev–Trinajstić information content (AvgIpc) is 3.17. The molecule has 2 aromatic heterocycles. The quantitative estimate of drug-likeness (QED) is 0.481. The van der Waals surface area contributed by atoms with Crippen LogP contribution in [0.3, 0.4) is 0 Å². The molecule has 21 heavy (non-hydrogen) atoms. The van der Waals surface area contributed by atoms with Gasteiger partial charge in [0.15, 0.2) is 0 Å². The monoisotopic (exact) mass is 308 g/mol. The van der Waals surface area contributed by atoms with Crippen LogP contribution < -0.4 is 0 Å². The number of aromatic hydroxyl groups is 1. The van der Waals surface area contributed by atoms with E-state index in [1.165, 1.54) is 20.2 Å². The molecule has 0 saturated heterocycles. The van der Waals surface area contributed by atoms with Crippen LogP contribution >= 0.6 is 22.7 Å². The summed E-state index contributed by atoms with van der Waals surface area (Å²) in [6, 6.07) is 20.4. The van der Waals surface area contributed by atoms with Crippen molar-refractivity contribution in [2.24, 2.45) is 0 Å². The van der Waals surface area contributed by atoms with E-state index in [0.717, 1.165) is 10.8 Å². The van der Waals surface area contributed by atoms with Gasteiger partial charge >= 0.3 is 0 Å². The summed E-state index contributed by atoms with van der Waals surface area (Å²) in [5.41, 5.74) is 1.20. The highest BCUT2D eigenvalue weighted by atomic mass is 32.1. The highest BCUT2D eigenvalue weighted by Gasteiger charge is 2.06. The van der Waals surface area contributed by atoms with Crippen LogP contribution in [-0.2, 0) is 0 Å². The first kappa shape index (κ1) is 12.6. The average molecular weight is 308 g/mol. The molecule has 0 aliphatic carbocycles. The highest BCUT2D eigenvalue weighted by molar-refractivity contribution is 7.23. The summed E-state index contributed by atoms with van der Waals surface area (Å²) >= 11 is 3.57. The van der Waals surface area contributed by atoms with Crippen LogP contribution in [-0.4, -0.2) is 5.11 Å². The van der Waals surface area contributed by atoms with Crippen molar-refractivity contribution in [3.63, 3.8) is 0 Å². The van der Waals surface area contributed by atoms with E-state index < -0.39 is 0 Å². The minimum atomic E-state index is 0.310. The Balaban J connectivity index is 1.79. The topological polar surface area (TPSA) is 20.2 Å². The molecule has 4 aromatic rings. The lowest BCUT2D eigenvalue weighted by molar-refractivity contribution is 0.476. The summed E-state index contributed by atoms with van der Waals surface area (Å²) < 4.78 is 0. The summed E-state index contributed by atoms with van der Waals surface area (Å²) in [5.74, 6) is 0.310. The lowest BCUT2D eigenvalue weighted by atomic mass is 10.1. The largest absolute Gasteiger partial charge is 0.508 e. The summed E-state index contributed by atoms with van der Waals surface area (Å²) in [6.07, 6.45) is 0. The third kappa shape index (κ3) is 2.35. The van der Waals surface area contributed by atoms with Gasteiger partial charge in [0.25, 0.3) is 0 Å². The van der Waals surface area contributed by atoms with Crippen LogP contribution in [0.5, 0.6) is 5.75 Å². The minimum absolute atomic E-state index is 0.310. The van der Waals surface area contributed by atoms with E-state index in [1.54, 1.807) is 28.7 Å². The molecule has 0 atom stereocenters. The molecule has 102 valence electrons. The maximum atomic E-state index is 9.62. The first-order valence-electron chi connectivity index (χ1n) is 6.66. The Bertz CT molecular complexity index is 904. The SMILES string of the molecule is Oc1ccc2ccc(-c3ccc(-c4cccs4)s3)cc2c1. The number of rotatable bonds is 2. The van der Waals surface area contributed by atoms with Gasteiger partial charge in [0.1, 0.15) is 5.75 Å². The second-order valence-electron chi connectivity index (χ2n) is 4.89. The number of hydrogen-bond donors (Lipinski definition) is 1. The van der Waals surface area contributed by atoms with E-state index in [1.807, 2.05) is 12.1 Å². The molecule has 0 aliphatic rings. The first-order chi connectivity index (χ1) is 10.3. The fraction of sp³-hybridized carbons (Fsp3) is 0. The van der Waals surface area contributed by atoms with Gasteiger partial charge in [-0.1, -0.05) is 24.3 Å². The number of thiophene rings is 2. The first-order valence-corrected chi connectivity index (χ1v) is 8.36. The number of fused-ring (bicyclic) bond motifs is 1. The third-order valence-corrected chi connectivity index (χ3v) is 5.68. The van der Waals surface area contributed by atoms with Gasteiger partial charge in [0.2, 0.25) is 0 Å². The van der Waals surface area contributed by atoms with E-state index in [9.17, 15) is 5.11 Å². The lowest BCUT2D eigenvalue weighted by Gasteiger charge is -2.02. The number of benzene rings is 2. The number of hydrogen-bond acceptors (Lipinski definition) is 3. The van der Waals surface area contributed by atoms with Crippen molar-refractivity contribution in [1.82, 2.24) is 0 Å². The Morgan fingerprint density at radius 2 is 1.57 bits per heavy atom. The number of phenols is 1. The summed E-state index contributed by atoms with van der Waals surface area (Å²) in [7, 11) is 0. The zero-order chi connectivity index (χ0) is 14.2. The predicted molar refractivity (Wildman–Crippen MR) is 92.2 cm³/mol. The van der Waals surface area contributed by atoms with E-state index in [-0.39, 0.29) is 0 Å². The summed E-state index contributed by atoms with van der Waals surface area (Å²) in [6.45, 7) is 0. The molecule has 1 nitrogen and oxygen atoms in total. The van der Waals surface area contributed by atoms with Crippen LogP contribution in [0.25, 0.3) is 31.0 Å². The van der Waals surface area contributed by atoms with E-state index in [2.05, 4.69) is 47.8 Å². The van der Waals surface area contributed by atoms with Crippen molar-refractivity contribution >= 4 is 33.4 Å². The van der Waals surface area contributed by atoms with Gasteiger partial charge in [-0.05, 0) is 58.1 Å². The molecule has 0 fully saturated rings. The molecule has 0 bridgehead atoms. The molecule has 0 saturated carbocycles. The Labute approximate surface area is 130 Å². The van der Waals surface area contributed by atoms with Crippen molar-refractivity contribution in [1.29, 1.82) is 0 Å². The molecule has 0 unspecified atom stereocenters. The van der Waals surface area contributed by atoms with Crippen LogP contribution in [0.15, 0.2) is 66.0 Å². The molecule has 3 heteroatoms. The second-order valence-corrected chi connectivity index (χ2v) is 6.92. The molecule has 1 N–H and O–H groups in total. The van der Waals surface area contributed by atoms with Crippen molar-refractivity contribution in [3.05, 3.63) is 66.0 Å². The van der Waals surface area contributed by atoms with Crippen molar-refractivity contribution < 1.29 is 5.11 Å². The number of phenolic OH excluding ortho intramolecular Hbond substituents is 1. The van der Waals surface area contributed by atoms with Gasteiger partial charge in [0, 0.05) is 14.6 Å². The van der Waals surface area contributed by atoms with E-state index in [0.29, 0.717) is 5.75 Å². The minimum Gasteiger partial charge on any atom is -0.508 e. The maximum absolute atomic E-state index is 9.62.